The minimum Gasteiger partial charge on any atom is -0.310 e. The van der Waals surface area contributed by atoms with Crippen LogP contribution < -0.4 is 4.90 Å². The highest BCUT2D eigenvalue weighted by molar-refractivity contribution is 5.97. The van der Waals surface area contributed by atoms with Gasteiger partial charge in [-0.05, 0) is 81.1 Å². The monoisotopic (exact) mass is 523 g/mol. The van der Waals surface area contributed by atoms with Crippen molar-refractivity contribution in [2.75, 3.05) is 4.90 Å². The second kappa shape index (κ2) is 11.0. The maximum Gasteiger partial charge on any atom is 0.0540 e. The van der Waals surface area contributed by atoms with Crippen LogP contribution in [0, 0.1) is 0 Å². The first-order valence-electron chi connectivity index (χ1n) is 14.0. The summed E-state index contributed by atoms with van der Waals surface area (Å²) in [6, 6.07) is 62.8. The topological polar surface area (TPSA) is 3.24 Å². The fourth-order valence-corrected chi connectivity index (χ4v) is 5.66. The van der Waals surface area contributed by atoms with Crippen LogP contribution in [0.5, 0.6) is 0 Å². The van der Waals surface area contributed by atoms with Gasteiger partial charge in [-0.15, -0.1) is 0 Å². The van der Waals surface area contributed by atoms with Crippen LogP contribution in [-0.2, 0) is 0 Å². The molecule has 0 saturated heterocycles. The molecule has 7 aromatic carbocycles. The van der Waals surface area contributed by atoms with Gasteiger partial charge >= 0.3 is 0 Å². The van der Waals surface area contributed by atoms with Crippen molar-refractivity contribution < 1.29 is 0 Å². The molecule has 1 heteroatoms. The molecule has 7 aromatic rings. The normalized spacial score (nSPS) is 10.9. The van der Waals surface area contributed by atoms with Crippen LogP contribution in [0.2, 0.25) is 0 Å². The lowest BCUT2D eigenvalue weighted by atomic mass is 9.91. The van der Waals surface area contributed by atoms with Gasteiger partial charge in [0.25, 0.3) is 0 Å². The van der Waals surface area contributed by atoms with Crippen LogP contribution >= 0.6 is 0 Å². The average molecular weight is 524 g/mol. The van der Waals surface area contributed by atoms with Crippen LogP contribution in [0.3, 0.4) is 0 Å². The molecule has 0 bridgehead atoms. The summed E-state index contributed by atoms with van der Waals surface area (Å²) in [5.74, 6) is 0. The highest BCUT2D eigenvalue weighted by atomic mass is 15.1. The number of hydrogen-bond acceptors (Lipinski definition) is 1. The number of nitrogens with zero attached hydrogens (tertiary/aromatic N) is 1. The van der Waals surface area contributed by atoms with Crippen molar-refractivity contribution in [3.05, 3.63) is 176 Å². The molecule has 0 N–H and O–H groups in total. The first kappa shape index (κ1) is 24.6. The van der Waals surface area contributed by atoms with Crippen molar-refractivity contribution in [1.29, 1.82) is 0 Å². The predicted molar refractivity (Wildman–Crippen MR) is 175 cm³/mol. The Bertz CT molecular complexity index is 1910. The summed E-state index contributed by atoms with van der Waals surface area (Å²) in [7, 11) is 0. The quantitative estimate of drug-likeness (QED) is 0.209. The molecular weight excluding hydrogens is 494 g/mol. The number of rotatable bonds is 6. The standard InChI is InChI=1S/C40H29N/c1-4-14-30(15-5-1)37-22-12-13-23-40(37)41(35-20-8-3-9-21-35)36-26-24-32(25-27-36)39-29-34-19-11-10-18-33(34)28-38(39)31-16-6-2-7-17-31/h1-29H. The van der Waals surface area contributed by atoms with Gasteiger partial charge in [0.05, 0.1) is 5.69 Å². The molecule has 0 heterocycles. The van der Waals surface area contributed by atoms with Gasteiger partial charge in [-0.1, -0.05) is 133 Å². The Labute approximate surface area is 241 Å². The Hall–Kier alpha value is -5.40. The number of anilines is 3. The fraction of sp³-hybridized carbons (Fsp3) is 0. The highest BCUT2D eigenvalue weighted by Gasteiger charge is 2.17. The molecule has 0 unspecified atom stereocenters. The van der Waals surface area contributed by atoms with Gasteiger partial charge < -0.3 is 4.90 Å². The van der Waals surface area contributed by atoms with E-state index in [-0.39, 0.29) is 0 Å². The number of fused-ring (bicyclic) bond motifs is 1. The predicted octanol–water partition coefficient (Wildman–Crippen LogP) is 11.3. The average Bonchev–Trinajstić information content (AvgIpc) is 3.06. The van der Waals surface area contributed by atoms with E-state index in [0.717, 1.165) is 17.1 Å². The van der Waals surface area contributed by atoms with Crippen molar-refractivity contribution in [3.8, 4) is 33.4 Å². The van der Waals surface area contributed by atoms with E-state index >= 15 is 0 Å². The van der Waals surface area contributed by atoms with Gasteiger partial charge in [-0.25, -0.2) is 0 Å². The molecule has 41 heavy (non-hydrogen) atoms. The number of para-hydroxylation sites is 2. The third-order valence-corrected chi connectivity index (χ3v) is 7.65. The Morgan fingerprint density at radius 2 is 0.707 bits per heavy atom. The Morgan fingerprint density at radius 1 is 0.293 bits per heavy atom. The second-order valence-electron chi connectivity index (χ2n) is 10.2. The van der Waals surface area contributed by atoms with Crippen LogP contribution in [0.1, 0.15) is 0 Å². The highest BCUT2D eigenvalue weighted by Crippen LogP contribution is 2.42. The van der Waals surface area contributed by atoms with Crippen molar-refractivity contribution in [2.24, 2.45) is 0 Å². The summed E-state index contributed by atoms with van der Waals surface area (Å²) in [5, 5.41) is 2.49. The van der Waals surface area contributed by atoms with Gasteiger partial charge in [0.2, 0.25) is 0 Å². The lowest BCUT2D eigenvalue weighted by Gasteiger charge is -2.28. The largest absolute Gasteiger partial charge is 0.310 e. The van der Waals surface area contributed by atoms with Gasteiger partial charge in [0.1, 0.15) is 0 Å². The molecular formula is C40H29N. The van der Waals surface area contributed by atoms with Crippen molar-refractivity contribution in [3.63, 3.8) is 0 Å². The van der Waals surface area contributed by atoms with Crippen molar-refractivity contribution in [1.82, 2.24) is 0 Å². The van der Waals surface area contributed by atoms with E-state index in [1.165, 1.54) is 44.2 Å². The Morgan fingerprint density at radius 3 is 1.29 bits per heavy atom. The van der Waals surface area contributed by atoms with E-state index in [0.29, 0.717) is 0 Å². The molecule has 7 rings (SSSR count). The SMILES string of the molecule is c1ccc(-c2cc3ccccc3cc2-c2ccc(N(c3ccccc3)c3ccccc3-c3ccccc3)cc2)cc1. The molecule has 0 atom stereocenters. The molecule has 0 fully saturated rings. The third-order valence-electron chi connectivity index (χ3n) is 7.65. The molecule has 0 aromatic heterocycles. The van der Waals surface area contributed by atoms with Gasteiger partial charge in [0, 0.05) is 16.9 Å². The Balaban J connectivity index is 1.37. The van der Waals surface area contributed by atoms with E-state index in [9.17, 15) is 0 Å². The second-order valence-corrected chi connectivity index (χ2v) is 10.2. The first-order valence-corrected chi connectivity index (χ1v) is 14.0. The van der Waals surface area contributed by atoms with E-state index in [1.807, 2.05) is 0 Å². The van der Waals surface area contributed by atoms with Crippen LogP contribution in [0.15, 0.2) is 176 Å². The third kappa shape index (κ3) is 4.90. The summed E-state index contributed by atoms with van der Waals surface area (Å²) in [6.45, 7) is 0. The summed E-state index contributed by atoms with van der Waals surface area (Å²) < 4.78 is 0. The fourth-order valence-electron chi connectivity index (χ4n) is 5.66. The molecule has 0 aliphatic carbocycles. The minimum atomic E-state index is 1.12. The molecule has 0 amide bonds. The first-order chi connectivity index (χ1) is 20.3. The van der Waals surface area contributed by atoms with E-state index in [2.05, 4.69) is 181 Å². The van der Waals surface area contributed by atoms with E-state index < -0.39 is 0 Å². The molecule has 194 valence electrons. The van der Waals surface area contributed by atoms with Gasteiger partial charge in [0.15, 0.2) is 0 Å². The maximum atomic E-state index is 2.35. The van der Waals surface area contributed by atoms with Crippen LogP contribution in [0.25, 0.3) is 44.2 Å². The number of hydrogen-bond donors (Lipinski definition) is 0. The summed E-state index contributed by atoms with van der Waals surface area (Å²) in [4.78, 5) is 2.35. The maximum absolute atomic E-state index is 2.35. The smallest absolute Gasteiger partial charge is 0.0540 e. The zero-order valence-electron chi connectivity index (χ0n) is 22.7. The van der Waals surface area contributed by atoms with E-state index in [4.69, 9.17) is 0 Å². The van der Waals surface area contributed by atoms with Gasteiger partial charge in [-0.3, -0.25) is 0 Å². The molecule has 0 saturated carbocycles. The number of benzene rings is 7. The van der Waals surface area contributed by atoms with Crippen molar-refractivity contribution in [2.45, 2.75) is 0 Å². The van der Waals surface area contributed by atoms with Crippen molar-refractivity contribution >= 4 is 27.8 Å². The zero-order valence-corrected chi connectivity index (χ0v) is 22.7. The lowest BCUT2D eigenvalue weighted by molar-refractivity contribution is 1.28. The molecule has 0 aliphatic heterocycles. The minimum absolute atomic E-state index is 1.12. The van der Waals surface area contributed by atoms with Crippen LogP contribution in [-0.4, -0.2) is 0 Å². The zero-order chi connectivity index (χ0) is 27.4. The molecule has 0 spiro atoms. The van der Waals surface area contributed by atoms with Gasteiger partial charge in [-0.2, -0.15) is 0 Å². The Kier molecular flexibility index (Phi) is 6.61. The lowest BCUT2D eigenvalue weighted by Crippen LogP contribution is -2.11. The summed E-state index contributed by atoms with van der Waals surface area (Å²) in [5.41, 5.74) is 10.7. The molecule has 0 radical (unpaired) electrons. The summed E-state index contributed by atoms with van der Waals surface area (Å²) >= 11 is 0. The van der Waals surface area contributed by atoms with E-state index in [1.54, 1.807) is 0 Å². The molecule has 1 nitrogen and oxygen atoms in total. The summed E-state index contributed by atoms with van der Waals surface area (Å²) in [6.07, 6.45) is 0. The van der Waals surface area contributed by atoms with Crippen LogP contribution in [0.4, 0.5) is 17.1 Å². The molecule has 0 aliphatic rings.